The Balaban J connectivity index is 1.79. The maximum atomic E-state index is 6.13. The molecule has 2 aliphatic heterocycles. The third-order valence-corrected chi connectivity index (χ3v) is 5.28. The molecule has 0 radical (unpaired) electrons. The second-order valence-corrected chi connectivity index (χ2v) is 6.18. The number of rotatable bonds is 2. The fourth-order valence-corrected chi connectivity index (χ4v) is 4.39. The molecule has 3 fully saturated rings. The minimum Gasteiger partial charge on any atom is -0.379 e. The highest BCUT2D eigenvalue weighted by molar-refractivity contribution is 5.01. The van der Waals surface area contributed by atoms with Crippen molar-refractivity contribution in [1.82, 2.24) is 4.90 Å². The van der Waals surface area contributed by atoms with Gasteiger partial charge in [0.1, 0.15) is 0 Å². The Morgan fingerprint density at radius 2 is 2.06 bits per heavy atom. The highest BCUT2D eigenvalue weighted by Gasteiger charge is 2.46. The molecule has 1 saturated carbocycles. The van der Waals surface area contributed by atoms with Crippen molar-refractivity contribution in [3.8, 4) is 0 Å². The quantitative estimate of drug-likeness (QED) is 0.796. The van der Waals surface area contributed by atoms with Crippen LogP contribution in [0, 0.1) is 5.92 Å². The first-order valence-electron chi connectivity index (χ1n) is 7.40. The molecule has 3 unspecified atom stereocenters. The molecule has 0 aromatic carbocycles. The predicted octanol–water partition coefficient (Wildman–Crippen LogP) is 1.76. The zero-order chi connectivity index (χ0) is 11.7. The Hall–Kier alpha value is -0.120. The largest absolute Gasteiger partial charge is 0.379 e. The molecule has 3 aliphatic rings. The van der Waals surface area contributed by atoms with E-state index in [9.17, 15) is 0 Å². The lowest BCUT2D eigenvalue weighted by Gasteiger charge is -2.52. The van der Waals surface area contributed by atoms with E-state index in [2.05, 4.69) is 4.90 Å². The van der Waals surface area contributed by atoms with Crippen LogP contribution in [0.3, 0.4) is 0 Å². The molecule has 0 aromatic heterocycles. The number of piperidine rings is 1. The zero-order valence-corrected chi connectivity index (χ0v) is 10.9. The van der Waals surface area contributed by atoms with Crippen LogP contribution in [-0.2, 0) is 4.74 Å². The molecule has 98 valence electrons. The lowest BCUT2D eigenvalue weighted by molar-refractivity contribution is -0.0808. The minimum atomic E-state index is 0.173. The highest BCUT2D eigenvalue weighted by atomic mass is 16.5. The number of nitrogens with zero attached hydrogens (tertiary/aromatic N) is 1. The van der Waals surface area contributed by atoms with E-state index >= 15 is 0 Å². The first kappa shape index (κ1) is 11.9. The van der Waals surface area contributed by atoms with Crippen molar-refractivity contribution in [1.29, 1.82) is 0 Å². The topological polar surface area (TPSA) is 38.5 Å². The standard InChI is InChI=1S/C14H26N2O/c15-10-14(7-3-9-17-11-14)16-8-2-5-12-4-1-6-13(12)16/h12-13H,1-11,15H2. The Labute approximate surface area is 105 Å². The summed E-state index contributed by atoms with van der Waals surface area (Å²) < 4.78 is 5.76. The fraction of sp³-hybridized carbons (Fsp3) is 1.00. The number of nitrogens with two attached hydrogens (primary N) is 1. The third-order valence-electron chi connectivity index (χ3n) is 5.28. The first-order valence-corrected chi connectivity index (χ1v) is 7.40. The van der Waals surface area contributed by atoms with Gasteiger partial charge in [0.25, 0.3) is 0 Å². The molecule has 3 rings (SSSR count). The Bertz CT molecular complexity index is 263. The van der Waals surface area contributed by atoms with Crippen LogP contribution in [0.15, 0.2) is 0 Å². The van der Waals surface area contributed by atoms with E-state index in [4.69, 9.17) is 10.5 Å². The van der Waals surface area contributed by atoms with Crippen molar-refractivity contribution >= 4 is 0 Å². The summed E-state index contributed by atoms with van der Waals surface area (Å²) in [6, 6.07) is 0.814. The van der Waals surface area contributed by atoms with Crippen LogP contribution in [0.1, 0.15) is 44.9 Å². The molecule has 3 nitrogen and oxygen atoms in total. The van der Waals surface area contributed by atoms with E-state index in [0.29, 0.717) is 0 Å². The highest BCUT2D eigenvalue weighted by Crippen LogP contribution is 2.41. The van der Waals surface area contributed by atoms with Gasteiger partial charge in [-0.1, -0.05) is 6.42 Å². The summed E-state index contributed by atoms with van der Waals surface area (Å²) in [6.45, 7) is 3.83. The van der Waals surface area contributed by atoms with Crippen molar-refractivity contribution in [3.05, 3.63) is 0 Å². The molecule has 3 heteroatoms. The smallest absolute Gasteiger partial charge is 0.0662 e. The average molecular weight is 238 g/mol. The summed E-state index contributed by atoms with van der Waals surface area (Å²) in [5, 5.41) is 0. The molecular formula is C14H26N2O. The number of likely N-dealkylation sites (tertiary alicyclic amines) is 1. The SMILES string of the molecule is NCC1(N2CCCC3CCCC32)CCCOC1. The van der Waals surface area contributed by atoms with Crippen molar-refractivity contribution < 1.29 is 4.74 Å². The average Bonchev–Trinajstić information content (AvgIpc) is 2.87. The molecule has 0 aromatic rings. The maximum Gasteiger partial charge on any atom is 0.0662 e. The van der Waals surface area contributed by atoms with Crippen molar-refractivity contribution in [2.75, 3.05) is 26.3 Å². The summed E-state index contributed by atoms with van der Waals surface area (Å²) in [4.78, 5) is 2.76. The summed E-state index contributed by atoms with van der Waals surface area (Å²) in [5.41, 5.74) is 6.30. The molecule has 0 spiro atoms. The molecule has 2 N–H and O–H groups in total. The van der Waals surface area contributed by atoms with Crippen LogP contribution in [0.4, 0.5) is 0 Å². The predicted molar refractivity (Wildman–Crippen MR) is 68.9 cm³/mol. The monoisotopic (exact) mass is 238 g/mol. The molecular weight excluding hydrogens is 212 g/mol. The van der Waals surface area contributed by atoms with E-state index in [-0.39, 0.29) is 5.54 Å². The number of fused-ring (bicyclic) bond motifs is 1. The summed E-state index contributed by atoms with van der Waals surface area (Å²) >= 11 is 0. The molecule has 0 bridgehead atoms. The van der Waals surface area contributed by atoms with E-state index in [0.717, 1.165) is 31.7 Å². The zero-order valence-electron chi connectivity index (χ0n) is 10.9. The molecule has 0 amide bonds. The van der Waals surface area contributed by atoms with Crippen LogP contribution in [-0.4, -0.2) is 42.8 Å². The second-order valence-electron chi connectivity index (χ2n) is 6.18. The van der Waals surface area contributed by atoms with Gasteiger partial charge in [-0.3, -0.25) is 4.90 Å². The molecule has 2 saturated heterocycles. The van der Waals surface area contributed by atoms with Crippen molar-refractivity contribution in [3.63, 3.8) is 0 Å². The van der Waals surface area contributed by atoms with Gasteiger partial charge in [-0.15, -0.1) is 0 Å². The molecule has 2 heterocycles. The van der Waals surface area contributed by atoms with E-state index in [1.54, 1.807) is 0 Å². The van der Waals surface area contributed by atoms with Gasteiger partial charge in [-0.05, 0) is 51.0 Å². The van der Waals surface area contributed by atoms with Crippen LogP contribution in [0.25, 0.3) is 0 Å². The first-order chi connectivity index (χ1) is 8.36. The minimum absolute atomic E-state index is 0.173. The fourth-order valence-electron chi connectivity index (χ4n) is 4.39. The van der Waals surface area contributed by atoms with Gasteiger partial charge in [0, 0.05) is 19.2 Å². The molecule has 1 aliphatic carbocycles. The maximum absolute atomic E-state index is 6.13. The molecule has 17 heavy (non-hydrogen) atoms. The van der Waals surface area contributed by atoms with Gasteiger partial charge in [-0.2, -0.15) is 0 Å². The Morgan fingerprint density at radius 3 is 2.82 bits per heavy atom. The number of hydrogen-bond donors (Lipinski definition) is 1. The number of ether oxygens (including phenoxy) is 1. The van der Waals surface area contributed by atoms with Gasteiger partial charge in [0.15, 0.2) is 0 Å². The van der Waals surface area contributed by atoms with Crippen LogP contribution in [0.5, 0.6) is 0 Å². The summed E-state index contributed by atoms with van der Waals surface area (Å²) in [7, 11) is 0. The second kappa shape index (κ2) is 4.87. The van der Waals surface area contributed by atoms with Gasteiger partial charge in [0.05, 0.1) is 12.1 Å². The normalized spacial score (nSPS) is 43.6. The third kappa shape index (κ3) is 2.02. The lowest BCUT2D eigenvalue weighted by atomic mass is 9.83. The lowest BCUT2D eigenvalue weighted by Crippen LogP contribution is -2.63. The van der Waals surface area contributed by atoms with E-state index < -0.39 is 0 Å². The van der Waals surface area contributed by atoms with Crippen molar-refractivity contribution in [2.24, 2.45) is 11.7 Å². The van der Waals surface area contributed by atoms with Gasteiger partial charge in [0.2, 0.25) is 0 Å². The van der Waals surface area contributed by atoms with Crippen molar-refractivity contribution in [2.45, 2.75) is 56.5 Å². The van der Waals surface area contributed by atoms with Crippen LogP contribution < -0.4 is 5.73 Å². The van der Waals surface area contributed by atoms with E-state index in [1.807, 2.05) is 0 Å². The van der Waals surface area contributed by atoms with Crippen LogP contribution in [0.2, 0.25) is 0 Å². The summed E-state index contributed by atoms with van der Waals surface area (Å²) in [5.74, 6) is 0.953. The van der Waals surface area contributed by atoms with Crippen LogP contribution >= 0.6 is 0 Å². The van der Waals surface area contributed by atoms with E-state index in [1.165, 1.54) is 51.5 Å². The summed E-state index contributed by atoms with van der Waals surface area (Å²) in [6.07, 6.45) is 9.51. The Morgan fingerprint density at radius 1 is 1.18 bits per heavy atom. The van der Waals surface area contributed by atoms with Gasteiger partial charge < -0.3 is 10.5 Å². The number of hydrogen-bond acceptors (Lipinski definition) is 3. The Kier molecular flexibility index (Phi) is 3.42. The molecule has 3 atom stereocenters. The van der Waals surface area contributed by atoms with Gasteiger partial charge >= 0.3 is 0 Å². The van der Waals surface area contributed by atoms with Gasteiger partial charge in [-0.25, -0.2) is 0 Å².